The molecule has 0 atom stereocenters. The number of nitrogens with zero attached hydrogens (tertiary/aromatic N) is 3. The fraction of sp³-hybridized carbons (Fsp3) is 0.320. The molecule has 3 aromatic rings. The molecule has 1 aliphatic heterocycles. The van der Waals surface area contributed by atoms with E-state index in [1.165, 1.54) is 6.07 Å². The van der Waals surface area contributed by atoms with Gasteiger partial charge in [-0.25, -0.2) is 4.39 Å². The number of methoxy groups -OCH3 is 2. The molecule has 0 spiro atoms. The molecule has 1 fully saturated rings. The van der Waals surface area contributed by atoms with Crippen molar-refractivity contribution in [2.45, 2.75) is 19.4 Å². The Balaban J connectivity index is 1.51. The number of rotatable bonds is 6. The number of benzene rings is 2. The van der Waals surface area contributed by atoms with Gasteiger partial charge >= 0.3 is 0 Å². The Labute approximate surface area is 191 Å². The number of carbonyl (C=O) groups is 1. The molecule has 0 unspecified atom stereocenters. The summed E-state index contributed by atoms with van der Waals surface area (Å²) >= 11 is 0. The van der Waals surface area contributed by atoms with Crippen molar-refractivity contribution < 1.29 is 18.7 Å². The zero-order valence-corrected chi connectivity index (χ0v) is 18.6. The summed E-state index contributed by atoms with van der Waals surface area (Å²) in [6, 6.07) is 12.3. The molecule has 8 heteroatoms. The zero-order chi connectivity index (χ0) is 23.4. The van der Waals surface area contributed by atoms with Crippen LogP contribution in [-0.4, -0.2) is 38.2 Å². The number of halogens is 1. The highest BCUT2D eigenvalue weighted by atomic mass is 19.1. The first-order chi connectivity index (χ1) is 16.0. The Morgan fingerprint density at radius 2 is 1.91 bits per heavy atom. The lowest BCUT2D eigenvalue weighted by molar-refractivity contribution is -0.125. The van der Waals surface area contributed by atoms with Crippen LogP contribution in [0.1, 0.15) is 24.0 Å². The summed E-state index contributed by atoms with van der Waals surface area (Å²) in [5.74, 6) is 0.558. The van der Waals surface area contributed by atoms with Crippen LogP contribution in [0.3, 0.4) is 0 Å². The fourth-order valence-corrected chi connectivity index (χ4v) is 4.26. The quantitative estimate of drug-likeness (QED) is 0.617. The molecule has 0 aliphatic carbocycles. The van der Waals surface area contributed by atoms with Crippen molar-refractivity contribution in [1.82, 2.24) is 10.3 Å². The van der Waals surface area contributed by atoms with Crippen molar-refractivity contribution in [3.63, 3.8) is 0 Å². The predicted molar refractivity (Wildman–Crippen MR) is 123 cm³/mol. The van der Waals surface area contributed by atoms with Crippen LogP contribution in [0.4, 0.5) is 10.1 Å². The van der Waals surface area contributed by atoms with Crippen LogP contribution < -0.4 is 19.7 Å². The molecule has 0 saturated carbocycles. The number of amides is 1. The van der Waals surface area contributed by atoms with E-state index in [2.05, 4.69) is 21.3 Å². The van der Waals surface area contributed by atoms with Gasteiger partial charge in [0.1, 0.15) is 11.9 Å². The van der Waals surface area contributed by atoms with Crippen LogP contribution in [0.15, 0.2) is 42.6 Å². The molecular weight excluding hydrogens is 423 g/mol. The van der Waals surface area contributed by atoms with Crippen molar-refractivity contribution >= 4 is 22.5 Å². The highest BCUT2D eigenvalue weighted by Crippen LogP contribution is 2.38. The number of ether oxygens (including phenoxy) is 2. The molecule has 33 heavy (non-hydrogen) atoms. The van der Waals surface area contributed by atoms with Gasteiger partial charge in [-0.05, 0) is 25.0 Å². The van der Waals surface area contributed by atoms with Crippen LogP contribution in [0.5, 0.6) is 11.5 Å². The second kappa shape index (κ2) is 9.74. The Kier molecular flexibility index (Phi) is 6.59. The molecule has 7 nitrogen and oxygen atoms in total. The van der Waals surface area contributed by atoms with E-state index >= 15 is 0 Å². The first-order valence-corrected chi connectivity index (χ1v) is 10.8. The number of nitrogens with one attached hydrogen (secondary N) is 1. The van der Waals surface area contributed by atoms with Crippen molar-refractivity contribution in [1.29, 1.82) is 5.26 Å². The number of carbonyl (C=O) groups excluding carboxylic acids is 1. The SMILES string of the molecule is COc1cc2ncc(C#N)c(N3CCC(C(=O)NCc4ccccc4F)CC3)c2cc1OC. The Hall–Kier alpha value is -3.86. The summed E-state index contributed by atoms with van der Waals surface area (Å²) in [7, 11) is 3.13. The molecule has 170 valence electrons. The van der Waals surface area contributed by atoms with Gasteiger partial charge in [0.2, 0.25) is 5.91 Å². The standard InChI is InChI=1S/C25H25FN4O3/c1-32-22-11-19-21(12-23(22)33-2)28-15-18(13-27)24(19)30-9-7-16(8-10-30)25(31)29-14-17-5-3-4-6-20(17)26/h3-6,11-12,15-16H,7-10,14H2,1-2H3,(H,29,31). The van der Waals surface area contributed by atoms with Crippen LogP contribution in [0, 0.1) is 23.1 Å². The largest absolute Gasteiger partial charge is 0.493 e. The van der Waals surface area contributed by atoms with Gasteiger partial charge in [-0.1, -0.05) is 18.2 Å². The number of hydrogen-bond acceptors (Lipinski definition) is 6. The van der Waals surface area contributed by atoms with Crippen LogP contribution >= 0.6 is 0 Å². The maximum Gasteiger partial charge on any atom is 0.223 e. The van der Waals surface area contributed by atoms with Gasteiger partial charge in [-0.2, -0.15) is 5.26 Å². The molecule has 1 amide bonds. The zero-order valence-electron chi connectivity index (χ0n) is 18.6. The summed E-state index contributed by atoms with van der Waals surface area (Å²) in [6.07, 6.45) is 2.83. The summed E-state index contributed by atoms with van der Waals surface area (Å²) < 4.78 is 24.6. The highest BCUT2D eigenvalue weighted by molar-refractivity contribution is 5.96. The molecule has 0 bridgehead atoms. The highest BCUT2D eigenvalue weighted by Gasteiger charge is 2.27. The number of fused-ring (bicyclic) bond motifs is 1. The molecule has 4 rings (SSSR count). The molecule has 2 aromatic carbocycles. The third-order valence-corrected chi connectivity index (χ3v) is 6.06. The predicted octanol–water partition coefficient (Wildman–Crippen LogP) is 3.80. The molecule has 1 N–H and O–H groups in total. The first-order valence-electron chi connectivity index (χ1n) is 10.8. The molecule has 2 heterocycles. The average Bonchev–Trinajstić information content (AvgIpc) is 2.86. The summed E-state index contributed by atoms with van der Waals surface area (Å²) in [6.45, 7) is 1.39. The summed E-state index contributed by atoms with van der Waals surface area (Å²) in [5, 5.41) is 13.4. The second-order valence-corrected chi connectivity index (χ2v) is 7.93. The first kappa shape index (κ1) is 22.3. The summed E-state index contributed by atoms with van der Waals surface area (Å²) in [4.78, 5) is 19.2. The minimum atomic E-state index is -0.326. The number of piperidine rings is 1. The van der Waals surface area contributed by atoms with Gasteiger partial charge in [-0.15, -0.1) is 0 Å². The summed E-state index contributed by atoms with van der Waals surface area (Å²) in [5.41, 5.74) is 2.42. The maximum atomic E-state index is 13.8. The minimum Gasteiger partial charge on any atom is -0.493 e. The fourth-order valence-electron chi connectivity index (χ4n) is 4.26. The lowest BCUT2D eigenvalue weighted by Crippen LogP contribution is -2.40. The van der Waals surface area contributed by atoms with Crippen molar-refractivity contribution in [3.8, 4) is 17.6 Å². The van der Waals surface area contributed by atoms with Crippen molar-refractivity contribution in [2.75, 3.05) is 32.2 Å². The van der Waals surface area contributed by atoms with Gasteiger partial charge in [0.05, 0.1) is 31.0 Å². The number of pyridine rings is 1. The van der Waals surface area contributed by atoms with E-state index in [1.54, 1.807) is 44.7 Å². The van der Waals surface area contributed by atoms with Crippen LogP contribution in [-0.2, 0) is 11.3 Å². The molecule has 1 saturated heterocycles. The Bertz CT molecular complexity index is 1220. The van der Waals surface area contributed by atoms with Gasteiger partial charge in [0.25, 0.3) is 0 Å². The number of anilines is 1. The van der Waals surface area contributed by atoms with Gasteiger partial charge in [0, 0.05) is 48.8 Å². The monoisotopic (exact) mass is 448 g/mol. The lowest BCUT2D eigenvalue weighted by Gasteiger charge is -2.34. The van der Waals surface area contributed by atoms with E-state index in [4.69, 9.17) is 9.47 Å². The molecule has 1 aromatic heterocycles. The van der Waals surface area contributed by atoms with Crippen molar-refractivity contribution in [2.24, 2.45) is 5.92 Å². The van der Waals surface area contributed by atoms with E-state index in [0.717, 1.165) is 11.1 Å². The van der Waals surface area contributed by atoms with E-state index in [9.17, 15) is 14.4 Å². The van der Waals surface area contributed by atoms with E-state index in [-0.39, 0.29) is 24.2 Å². The Morgan fingerprint density at radius 1 is 1.21 bits per heavy atom. The van der Waals surface area contributed by atoms with Crippen molar-refractivity contribution in [3.05, 3.63) is 59.5 Å². The normalized spacial score (nSPS) is 14.1. The number of aromatic nitrogens is 1. The second-order valence-electron chi connectivity index (χ2n) is 7.93. The van der Waals surface area contributed by atoms with Gasteiger partial charge in [-0.3, -0.25) is 9.78 Å². The molecule has 0 radical (unpaired) electrons. The maximum absolute atomic E-state index is 13.8. The molecule has 1 aliphatic rings. The van der Waals surface area contributed by atoms with Gasteiger partial charge < -0.3 is 19.7 Å². The lowest BCUT2D eigenvalue weighted by atomic mass is 9.94. The Morgan fingerprint density at radius 3 is 2.58 bits per heavy atom. The average molecular weight is 448 g/mol. The number of nitriles is 1. The minimum absolute atomic E-state index is 0.0793. The third kappa shape index (κ3) is 4.53. The topological polar surface area (TPSA) is 87.5 Å². The van der Waals surface area contributed by atoms with Crippen LogP contribution in [0.2, 0.25) is 0 Å². The number of hydrogen-bond donors (Lipinski definition) is 1. The van der Waals surface area contributed by atoms with Crippen LogP contribution in [0.25, 0.3) is 10.9 Å². The van der Waals surface area contributed by atoms with E-state index < -0.39 is 0 Å². The third-order valence-electron chi connectivity index (χ3n) is 6.06. The van der Waals surface area contributed by atoms with Gasteiger partial charge in [0.15, 0.2) is 11.5 Å². The van der Waals surface area contributed by atoms with E-state index in [1.807, 2.05) is 6.07 Å². The van der Waals surface area contributed by atoms with E-state index in [0.29, 0.717) is 54.1 Å². The smallest absolute Gasteiger partial charge is 0.223 e. The molecular formula is C25H25FN4O3.